The minimum atomic E-state index is -0.407. The molecule has 1 heterocycles. The molecule has 0 fully saturated rings. The van der Waals surface area contributed by atoms with E-state index in [0.717, 1.165) is 0 Å². The van der Waals surface area contributed by atoms with E-state index >= 15 is 0 Å². The zero-order valence-corrected chi connectivity index (χ0v) is 10.7. The summed E-state index contributed by atoms with van der Waals surface area (Å²) in [5, 5.41) is 14.4. The maximum atomic E-state index is 11.7. The van der Waals surface area contributed by atoms with Gasteiger partial charge in [0.2, 0.25) is 0 Å². The van der Waals surface area contributed by atoms with Crippen molar-refractivity contribution in [1.29, 1.82) is 5.26 Å². The zero-order valence-electron chi connectivity index (χ0n) is 10.7. The van der Waals surface area contributed by atoms with Crippen LogP contribution in [0.15, 0.2) is 36.3 Å². The molecule has 19 heavy (non-hydrogen) atoms. The molecule has 0 unspecified atom stereocenters. The Bertz CT molecular complexity index is 465. The summed E-state index contributed by atoms with van der Waals surface area (Å²) in [6.07, 6.45) is 5.31. The number of hydrogen-bond acceptors (Lipinski definition) is 5. The van der Waals surface area contributed by atoms with Crippen molar-refractivity contribution in [1.82, 2.24) is 10.3 Å². The Morgan fingerprint density at radius 2 is 2.47 bits per heavy atom. The van der Waals surface area contributed by atoms with Gasteiger partial charge < -0.3 is 15.4 Å². The normalized spacial score (nSPS) is 10.6. The third-order valence-corrected chi connectivity index (χ3v) is 2.22. The van der Waals surface area contributed by atoms with Crippen molar-refractivity contribution >= 4 is 11.6 Å². The Hall–Kier alpha value is -2.39. The van der Waals surface area contributed by atoms with E-state index in [0.29, 0.717) is 25.3 Å². The van der Waals surface area contributed by atoms with Crippen LogP contribution in [0.4, 0.5) is 5.69 Å². The van der Waals surface area contributed by atoms with Crippen LogP contribution in [-0.4, -0.2) is 31.2 Å². The van der Waals surface area contributed by atoms with Crippen LogP contribution in [-0.2, 0) is 9.53 Å². The fraction of sp³-hybridized carbons (Fsp3) is 0.308. The molecular weight excluding hydrogens is 244 g/mol. The summed E-state index contributed by atoms with van der Waals surface area (Å²) < 4.78 is 4.87. The molecule has 0 atom stereocenters. The maximum Gasteiger partial charge on any atom is 0.263 e. The van der Waals surface area contributed by atoms with Gasteiger partial charge in [-0.3, -0.25) is 9.78 Å². The Morgan fingerprint density at radius 3 is 3.11 bits per heavy atom. The highest BCUT2D eigenvalue weighted by Gasteiger charge is 2.07. The van der Waals surface area contributed by atoms with Crippen molar-refractivity contribution in [3.8, 4) is 6.07 Å². The van der Waals surface area contributed by atoms with Crippen LogP contribution in [0.25, 0.3) is 0 Å². The lowest BCUT2D eigenvalue weighted by Crippen LogP contribution is -2.26. The van der Waals surface area contributed by atoms with Gasteiger partial charge in [0, 0.05) is 32.7 Å². The van der Waals surface area contributed by atoms with E-state index in [1.807, 2.05) is 6.07 Å². The van der Waals surface area contributed by atoms with Crippen LogP contribution in [0.1, 0.15) is 6.42 Å². The van der Waals surface area contributed by atoms with Crippen LogP contribution in [0.5, 0.6) is 0 Å². The number of nitrogens with one attached hydrogen (secondary N) is 2. The quantitative estimate of drug-likeness (QED) is 0.435. The molecule has 0 bridgehead atoms. The minimum Gasteiger partial charge on any atom is -0.385 e. The Balaban J connectivity index is 2.48. The number of aromatic nitrogens is 1. The summed E-state index contributed by atoms with van der Waals surface area (Å²) in [6, 6.07) is 5.39. The third-order valence-electron chi connectivity index (χ3n) is 2.22. The van der Waals surface area contributed by atoms with Gasteiger partial charge in [0.1, 0.15) is 11.6 Å². The summed E-state index contributed by atoms with van der Waals surface area (Å²) in [4.78, 5) is 15.6. The molecule has 0 aliphatic rings. The van der Waals surface area contributed by atoms with Crippen molar-refractivity contribution in [3.05, 3.63) is 36.3 Å². The number of hydrogen-bond donors (Lipinski definition) is 2. The molecule has 1 rings (SSSR count). The molecule has 0 aliphatic carbocycles. The van der Waals surface area contributed by atoms with Crippen LogP contribution >= 0.6 is 0 Å². The Kier molecular flexibility index (Phi) is 6.69. The molecule has 6 nitrogen and oxygen atoms in total. The number of rotatable bonds is 7. The van der Waals surface area contributed by atoms with Crippen molar-refractivity contribution in [2.24, 2.45) is 0 Å². The Labute approximate surface area is 112 Å². The van der Waals surface area contributed by atoms with Gasteiger partial charge in [0.15, 0.2) is 0 Å². The van der Waals surface area contributed by atoms with Gasteiger partial charge in [-0.15, -0.1) is 0 Å². The van der Waals surface area contributed by atoms with Crippen molar-refractivity contribution in [3.63, 3.8) is 0 Å². The van der Waals surface area contributed by atoms with Crippen molar-refractivity contribution < 1.29 is 9.53 Å². The lowest BCUT2D eigenvalue weighted by atomic mass is 10.3. The van der Waals surface area contributed by atoms with Gasteiger partial charge >= 0.3 is 0 Å². The van der Waals surface area contributed by atoms with E-state index in [-0.39, 0.29) is 5.57 Å². The fourth-order valence-corrected chi connectivity index (χ4v) is 1.27. The number of carbonyl (C=O) groups excluding carboxylic acids is 1. The molecule has 0 saturated heterocycles. The summed E-state index contributed by atoms with van der Waals surface area (Å²) in [5.74, 6) is -0.407. The van der Waals surface area contributed by atoms with Crippen LogP contribution in [0.3, 0.4) is 0 Å². The highest BCUT2D eigenvalue weighted by molar-refractivity contribution is 5.97. The third kappa shape index (κ3) is 5.66. The second-order valence-electron chi connectivity index (χ2n) is 3.66. The van der Waals surface area contributed by atoms with E-state index in [2.05, 4.69) is 15.6 Å². The van der Waals surface area contributed by atoms with Crippen LogP contribution in [0, 0.1) is 11.3 Å². The summed E-state index contributed by atoms with van der Waals surface area (Å²) in [6.45, 7) is 1.04. The van der Waals surface area contributed by atoms with E-state index in [4.69, 9.17) is 10.00 Å². The molecule has 0 aliphatic heterocycles. The smallest absolute Gasteiger partial charge is 0.263 e. The zero-order chi connectivity index (χ0) is 13.9. The van der Waals surface area contributed by atoms with Gasteiger partial charge in [-0.05, 0) is 18.6 Å². The van der Waals surface area contributed by atoms with Gasteiger partial charge in [-0.2, -0.15) is 5.26 Å². The SMILES string of the molecule is COCCCNC(=O)/C(C#N)=C\Nc1cccnc1. The Morgan fingerprint density at radius 1 is 1.63 bits per heavy atom. The fourth-order valence-electron chi connectivity index (χ4n) is 1.27. The molecule has 1 amide bonds. The number of nitrogens with zero attached hydrogens (tertiary/aromatic N) is 2. The van der Waals surface area contributed by atoms with Gasteiger partial charge in [0.05, 0.1) is 11.9 Å². The first-order valence-electron chi connectivity index (χ1n) is 5.82. The molecule has 6 heteroatoms. The number of pyridine rings is 1. The molecular formula is C13H16N4O2. The number of methoxy groups -OCH3 is 1. The highest BCUT2D eigenvalue weighted by Crippen LogP contribution is 2.03. The van der Waals surface area contributed by atoms with Crippen molar-refractivity contribution in [2.45, 2.75) is 6.42 Å². The molecule has 1 aromatic rings. The number of carbonyl (C=O) groups is 1. The molecule has 0 spiro atoms. The number of ether oxygens (including phenoxy) is 1. The van der Waals surface area contributed by atoms with E-state index in [1.165, 1.54) is 6.20 Å². The first-order valence-corrected chi connectivity index (χ1v) is 5.82. The second kappa shape index (κ2) is 8.66. The van der Waals surface area contributed by atoms with E-state index < -0.39 is 5.91 Å². The largest absolute Gasteiger partial charge is 0.385 e. The predicted molar refractivity (Wildman–Crippen MR) is 71.1 cm³/mol. The first-order chi connectivity index (χ1) is 9.27. The topological polar surface area (TPSA) is 87.0 Å². The molecule has 0 aromatic carbocycles. The number of anilines is 1. The maximum absolute atomic E-state index is 11.7. The summed E-state index contributed by atoms with van der Waals surface area (Å²) in [7, 11) is 1.60. The van der Waals surface area contributed by atoms with Crippen molar-refractivity contribution in [2.75, 3.05) is 25.6 Å². The monoisotopic (exact) mass is 260 g/mol. The minimum absolute atomic E-state index is 0.0151. The lowest BCUT2D eigenvalue weighted by molar-refractivity contribution is -0.117. The second-order valence-corrected chi connectivity index (χ2v) is 3.66. The molecule has 1 aromatic heterocycles. The van der Waals surface area contributed by atoms with Crippen LogP contribution in [0.2, 0.25) is 0 Å². The molecule has 0 saturated carbocycles. The number of nitriles is 1. The average molecular weight is 260 g/mol. The molecule has 2 N–H and O–H groups in total. The van der Waals surface area contributed by atoms with Gasteiger partial charge in [-0.25, -0.2) is 0 Å². The standard InChI is InChI=1S/C13H16N4O2/c1-19-7-3-6-16-13(18)11(8-14)9-17-12-4-2-5-15-10-12/h2,4-5,9-10,17H,3,6-7H2,1H3,(H,16,18)/b11-9-. The van der Waals surface area contributed by atoms with Gasteiger partial charge in [0.25, 0.3) is 5.91 Å². The van der Waals surface area contributed by atoms with Crippen LogP contribution < -0.4 is 10.6 Å². The average Bonchev–Trinajstić information content (AvgIpc) is 2.45. The van der Waals surface area contributed by atoms with Gasteiger partial charge in [-0.1, -0.05) is 0 Å². The van der Waals surface area contributed by atoms with E-state index in [9.17, 15) is 4.79 Å². The van der Waals surface area contributed by atoms with E-state index in [1.54, 1.807) is 31.6 Å². The lowest BCUT2D eigenvalue weighted by Gasteiger charge is -2.04. The number of amides is 1. The predicted octanol–water partition coefficient (Wildman–Crippen LogP) is 1.05. The molecule has 0 radical (unpaired) electrons. The summed E-state index contributed by atoms with van der Waals surface area (Å²) >= 11 is 0. The highest BCUT2D eigenvalue weighted by atomic mass is 16.5. The summed E-state index contributed by atoms with van der Waals surface area (Å²) in [5.41, 5.74) is 0.726. The first kappa shape index (κ1) is 14.7. The molecule has 100 valence electrons.